The van der Waals surface area contributed by atoms with E-state index < -0.39 is 12.1 Å². The van der Waals surface area contributed by atoms with E-state index in [0.717, 1.165) is 5.56 Å². The van der Waals surface area contributed by atoms with Crippen molar-refractivity contribution in [3.8, 4) is 0 Å². The monoisotopic (exact) mass is 291 g/mol. The summed E-state index contributed by atoms with van der Waals surface area (Å²) in [7, 11) is 1.60. The Balaban J connectivity index is 2.11. The molecule has 0 aliphatic carbocycles. The molecule has 0 radical (unpaired) electrons. The molecule has 0 spiro atoms. The van der Waals surface area contributed by atoms with Crippen LogP contribution < -0.4 is 5.73 Å². The molecule has 1 aromatic carbocycles. The normalized spacial score (nSPS) is 14.3. The van der Waals surface area contributed by atoms with Crippen molar-refractivity contribution >= 4 is 0 Å². The molecule has 2 unspecified atom stereocenters. The summed E-state index contributed by atoms with van der Waals surface area (Å²) in [4.78, 5) is 4.33. The lowest BCUT2D eigenvalue weighted by Crippen LogP contribution is -2.21. The third kappa shape index (κ3) is 4.10. The molecule has 2 N–H and O–H groups in total. The van der Waals surface area contributed by atoms with Crippen molar-refractivity contribution in [2.45, 2.75) is 32.1 Å². The maximum Gasteiger partial charge on any atom is 0.260 e. The minimum atomic E-state index is -0.418. The van der Waals surface area contributed by atoms with Gasteiger partial charge in [-0.15, -0.1) is 0 Å². The first-order valence-electron chi connectivity index (χ1n) is 6.90. The van der Waals surface area contributed by atoms with Gasteiger partial charge < -0.3 is 19.7 Å². The highest BCUT2D eigenvalue weighted by Crippen LogP contribution is 2.24. The van der Waals surface area contributed by atoms with E-state index in [1.165, 1.54) is 0 Å². The molecule has 2 aromatic rings. The molecule has 0 aliphatic heterocycles. The second-order valence-electron chi connectivity index (χ2n) is 5.01. The molecule has 1 heterocycles. The third-order valence-electron chi connectivity index (χ3n) is 2.96. The Bertz CT molecular complexity index is 542. The summed E-state index contributed by atoms with van der Waals surface area (Å²) in [5, 5.41) is 3.92. The van der Waals surface area contributed by atoms with E-state index in [-0.39, 0.29) is 6.10 Å². The number of ether oxygens (including phenoxy) is 2. The van der Waals surface area contributed by atoms with Gasteiger partial charge >= 0.3 is 0 Å². The smallest absolute Gasteiger partial charge is 0.260 e. The number of nitrogens with two attached hydrogens (primary N) is 1. The maximum atomic E-state index is 5.99. The van der Waals surface area contributed by atoms with Crippen LogP contribution >= 0.6 is 0 Å². The highest BCUT2D eigenvalue weighted by molar-refractivity contribution is 5.22. The van der Waals surface area contributed by atoms with Crippen LogP contribution in [0.5, 0.6) is 0 Å². The highest BCUT2D eigenvalue weighted by atomic mass is 16.5. The molecule has 6 heteroatoms. The molecule has 1 aromatic heterocycles. The second-order valence-corrected chi connectivity index (χ2v) is 5.01. The van der Waals surface area contributed by atoms with Gasteiger partial charge in [-0.05, 0) is 19.4 Å². The average Bonchev–Trinajstić information content (AvgIpc) is 2.96. The average molecular weight is 291 g/mol. The first kappa shape index (κ1) is 15.6. The minimum absolute atomic E-state index is 0.110. The molecule has 0 aliphatic rings. The lowest BCUT2D eigenvalue weighted by atomic mass is 10.1. The quantitative estimate of drug-likeness (QED) is 0.842. The molecular formula is C15H21N3O3. The van der Waals surface area contributed by atoms with Gasteiger partial charge in [0.25, 0.3) is 5.89 Å². The first-order chi connectivity index (χ1) is 10.1. The van der Waals surface area contributed by atoms with Crippen LogP contribution in [0.25, 0.3) is 0 Å². The van der Waals surface area contributed by atoms with Crippen LogP contribution in [-0.2, 0) is 9.47 Å². The number of rotatable bonds is 7. The molecule has 2 rings (SSSR count). The van der Waals surface area contributed by atoms with E-state index in [1.807, 2.05) is 44.2 Å². The SMILES string of the molecule is COC(c1ccccc1)c1nc(C(N)COC(C)C)no1. The Morgan fingerprint density at radius 1 is 1.24 bits per heavy atom. The predicted octanol–water partition coefficient (Wildman–Crippen LogP) is 2.23. The predicted molar refractivity (Wildman–Crippen MR) is 77.6 cm³/mol. The number of benzene rings is 1. The number of methoxy groups -OCH3 is 1. The zero-order valence-electron chi connectivity index (χ0n) is 12.5. The fourth-order valence-electron chi connectivity index (χ4n) is 1.88. The van der Waals surface area contributed by atoms with Crippen LogP contribution in [0.1, 0.15) is 43.3 Å². The summed E-state index contributed by atoms with van der Waals surface area (Å²) >= 11 is 0. The van der Waals surface area contributed by atoms with Gasteiger partial charge in [-0.1, -0.05) is 35.5 Å². The van der Waals surface area contributed by atoms with E-state index in [4.69, 9.17) is 19.7 Å². The van der Waals surface area contributed by atoms with Crippen molar-refractivity contribution in [3.63, 3.8) is 0 Å². The topological polar surface area (TPSA) is 83.4 Å². The lowest BCUT2D eigenvalue weighted by molar-refractivity contribution is 0.0664. The van der Waals surface area contributed by atoms with E-state index in [1.54, 1.807) is 7.11 Å². The van der Waals surface area contributed by atoms with Crippen LogP contribution in [0.3, 0.4) is 0 Å². The van der Waals surface area contributed by atoms with Crippen molar-refractivity contribution in [1.82, 2.24) is 10.1 Å². The summed E-state index contributed by atoms with van der Waals surface area (Å²) in [6.07, 6.45) is -0.288. The number of hydrogen-bond donors (Lipinski definition) is 1. The molecule has 0 bridgehead atoms. The Hall–Kier alpha value is -1.76. The van der Waals surface area contributed by atoms with E-state index >= 15 is 0 Å². The van der Waals surface area contributed by atoms with Crippen LogP contribution in [0, 0.1) is 0 Å². The fourth-order valence-corrected chi connectivity index (χ4v) is 1.88. The largest absolute Gasteiger partial charge is 0.377 e. The zero-order chi connectivity index (χ0) is 15.2. The fraction of sp³-hybridized carbons (Fsp3) is 0.467. The van der Waals surface area contributed by atoms with Gasteiger partial charge in [-0.3, -0.25) is 0 Å². The van der Waals surface area contributed by atoms with Crippen LogP contribution in [0.4, 0.5) is 0 Å². The molecule has 0 fully saturated rings. The lowest BCUT2D eigenvalue weighted by Gasteiger charge is -2.11. The van der Waals surface area contributed by atoms with Crippen LogP contribution in [-0.4, -0.2) is 30.0 Å². The maximum absolute atomic E-state index is 5.99. The van der Waals surface area contributed by atoms with Gasteiger partial charge in [0.2, 0.25) is 0 Å². The second kappa shape index (κ2) is 7.31. The van der Waals surface area contributed by atoms with Crippen molar-refractivity contribution in [1.29, 1.82) is 0 Å². The van der Waals surface area contributed by atoms with Gasteiger partial charge in [0.05, 0.1) is 18.8 Å². The number of aromatic nitrogens is 2. The molecule has 2 atom stereocenters. The van der Waals surface area contributed by atoms with Crippen molar-refractivity contribution in [2.24, 2.45) is 5.73 Å². The molecule has 0 saturated heterocycles. The van der Waals surface area contributed by atoms with Crippen molar-refractivity contribution in [2.75, 3.05) is 13.7 Å². The summed E-state index contributed by atoms with van der Waals surface area (Å²) in [5.41, 5.74) is 6.93. The molecule has 6 nitrogen and oxygen atoms in total. The van der Waals surface area contributed by atoms with E-state index in [2.05, 4.69) is 10.1 Å². The Kier molecular flexibility index (Phi) is 5.44. The van der Waals surface area contributed by atoms with Gasteiger partial charge in [-0.25, -0.2) is 0 Å². The summed E-state index contributed by atoms with van der Waals surface area (Å²) in [5.74, 6) is 0.808. The number of hydrogen-bond acceptors (Lipinski definition) is 6. The number of nitrogens with zero attached hydrogens (tertiary/aromatic N) is 2. The van der Waals surface area contributed by atoms with Gasteiger partial charge in [0.15, 0.2) is 11.9 Å². The highest BCUT2D eigenvalue weighted by Gasteiger charge is 2.22. The summed E-state index contributed by atoms with van der Waals surface area (Å²) < 4.78 is 16.2. The summed E-state index contributed by atoms with van der Waals surface area (Å²) in [6, 6.07) is 9.27. The molecule has 0 amide bonds. The van der Waals surface area contributed by atoms with Crippen molar-refractivity contribution in [3.05, 3.63) is 47.6 Å². The Morgan fingerprint density at radius 3 is 2.57 bits per heavy atom. The Morgan fingerprint density at radius 2 is 1.95 bits per heavy atom. The molecule has 0 saturated carbocycles. The molecular weight excluding hydrogens is 270 g/mol. The minimum Gasteiger partial charge on any atom is -0.377 e. The standard InChI is InChI=1S/C15H21N3O3/c1-10(2)20-9-12(16)14-17-15(21-18-14)13(19-3)11-7-5-4-6-8-11/h4-8,10,12-13H,9,16H2,1-3H3. The molecule has 21 heavy (non-hydrogen) atoms. The van der Waals surface area contributed by atoms with Crippen LogP contribution in [0.2, 0.25) is 0 Å². The zero-order valence-corrected chi connectivity index (χ0v) is 12.5. The third-order valence-corrected chi connectivity index (χ3v) is 2.96. The van der Waals surface area contributed by atoms with E-state index in [0.29, 0.717) is 18.3 Å². The van der Waals surface area contributed by atoms with Gasteiger partial charge in [0, 0.05) is 7.11 Å². The van der Waals surface area contributed by atoms with Gasteiger partial charge in [-0.2, -0.15) is 4.98 Å². The van der Waals surface area contributed by atoms with Crippen LogP contribution in [0.15, 0.2) is 34.9 Å². The van der Waals surface area contributed by atoms with E-state index in [9.17, 15) is 0 Å². The van der Waals surface area contributed by atoms with Crippen molar-refractivity contribution < 1.29 is 14.0 Å². The first-order valence-corrected chi connectivity index (χ1v) is 6.90. The Labute approximate surface area is 124 Å². The summed E-state index contributed by atoms with van der Waals surface area (Å²) in [6.45, 7) is 4.25. The molecule has 114 valence electrons. The van der Waals surface area contributed by atoms with Gasteiger partial charge in [0.1, 0.15) is 0 Å².